The number of H-pyrrole nitrogens is 1. The van der Waals surface area contributed by atoms with Gasteiger partial charge in [0, 0.05) is 18.0 Å². The first-order chi connectivity index (χ1) is 9.29. The number of nitrogens with one attached hydrogen (secondary N) is 2. The highest BCUT2D eigenvalue weighted by molar-refractivity contribution is 5.58. The minimum Gasteiger partial charge on any atom is -0.342 e. The predicted molar refractivity (Wildman–Crippen MR) is 76.1 cm³/mol. The fraction of sp³-hybridized carbons (Fsp3) is 0.438. The van der Waals surface area contributed by atoms with Gasteiger partial charge in [0.1, 0.15) is 5.82 Å². The molecule has 0 aliphatic carbocycles. The quantitative estimate of drug-likeness (QED) is 0.863. The van der Waals surface area contributed by atoms with Gasteiger partial charge in [0.25, 0.3) is 0 Å². The fourth-order valence-electron chi connectivity index (χ4n) is 3.53. The van der Waals surface area contributed by atoms with Gasteiger partial charge in [-0.1, -0.05) is 29.8 Å². The van der Waals surface area contributed by atoms with Gasteiger partial charge in [-0.2, -0.15) is 0 Å². The molecule has 0 radical (unpaired) electrons. The average Bonchev–Trinajstić information content (AvgIpc) is 3.15. The maximum absolute atomic E-state index is 4.62. The van der Waals surface area contributed by atoms with Crippen LogP contribution >= 0.6 is 0 Å². The molecule has 98 valence electrons. The van der Waals surface area contributed by atoms with E-state index in [1.807, 2.05) is 6.20 Å². The fourth-order valence-corrected chi connectivity index (χ4v) is 3.53. The molecule has 3 atom stereocenters. The predicted octanol–water partition coefficient (Wildman–Crippen LogP) is 2.99. The molecule has 3 unspecified atom stereocenters. The van der Waals surface area contributed by atoms with Crippen LogP contribution in [0.3, 0.4) is 0 Å². The van der Waals surface area contributed by atoms with E-state index in [0.29, 0.717) is 12.0 Å². The van der Waals surface area contributed by atoms with Gasteiger partial charge in [0.15, 0.2) is 0 Å². The van der Waals surface area contributed by atoms with Crippen LogP contribution in [-0.4, -0.2) is 22.1 Å². The average molecular weight is 253 g/mol. The highest BCUT2D eigenvalue weighted by Gasteiger charge is 2.41. The lowest BCUT2D eigenvalue weighted by molar-refractivity contribution is 0.490. The minimum atomic E-state index is 0.581. The topological polar surface area (TPSA) is 40.7 Å². The molecular weight excluding hydrogens is 234 g/mol. The first-order valence-electron chi connectivity index (χ1n) is 7.17. The van der Waals surface area contributed by atoms with E-state index in [2.05, 4.69) is 46.5 Å². The molecule has 1 aromatic heterocycles. The van der Waals surface area contributed by atoms with Crippen molar-refractivity contribution in [2.75, 3.05) is 0 Å². The van der Waals surface area contributed by atoms with E-state index < -0.39 is 0 Å². The van der Waals surface area contributed by atoms with Crippen molar-refractivity contribution in [2.24, 2.45) is 0 Å². The molecule has 0 spiro atoms. The summed E-state index contributed by atoms with van der Waals surface area (Å²) in [7, 11) is 0. The van der Waals surface area contributed by atoms with Gasteiger partial charge in [-0.15, -0.1) is 0 Å². The summed E-state index contributed by atoms with van der Waals surface area (Å²) >= 11 is 0. The molecule has 3 nitrogen and oxygen atoms in total. The summed E-state index contributed by atoms with van der Waals surface area (Å²) in [5, 5.41) is 3.67. The maximum Gasteiger partial charge on any atom is 0.111 e. The van der Waals surface area contributed by atoms with Crippen molar-refractivity contribution in [3.63, 3.8) is 0 Å². The maximum atomic E-state index is 4.62. The largest absolute Gasteiger partial charge is 0.342 e. The highest BCUT2D eigenvalue weighted by atomic mass is 15.1. The molecule has 2 aliphatic rings. The van der Waals surface area contributed by atoms with Gasteiger partial charge in [0.2, 0.25) is 0 Å². The summed E-state index contributed by atoms with van der Waals surface area (Å²) in [6, 6.07) is 9.98. The minimum absolute atomic E-state index is 0.581. The molecular formula is C16H19N3. The van der Waals surface area contributed by atoms with Crippen LogP contribution in [0.5, 0.6) is 0 Å². The molecule has 0 saturated carbocycles. The van der Waals surface area contributed by atoms with Gasteiger partial charge >= 0.3 is 0 Å². The molecule has 2 fully saturated rings. The summed E-state index contributed by atoms with van der Waals surface area (Å²) < 4.78 is 0. The van der Waals surface area contributed by atoms with Crippen molar-refractivity contribution < 1.29 is 0 Å². The Kier molecular flexibility index (Phi) is 2.49. The van der Waals surface area contributed by atoms with Crippen molar-refractivity contribution in [3.05, 3.63) is 41.9 Å². The first kappa shape index (κ1) is 11.2. The number of imidazole rings is 1. The van der Waals surface area contributed by atoms with E-state index >= 15 is 0 Å². The van der Waals surface area contributed by atoms with Crippen LogP contribution in [0.25, 0.3) is 11.3 Å². The Morgan fingerprint density at radius 1 is 1.16 bits per heavy atom. The molecule has 3 heterocycles. The molecule has 2 saturated heterocycles. The molecule has 1 aromatic carbocycles. The van der Waals surface area contributed by atoms with Crippen molar-refractivity contribution in [3.8, 4) is 11.3 Å². The monoisotopic (exact) mass is 253 g/mol. The Morgan fingerprint density at radius 3 is 2.68 bits per heavy atom. The summed E-state index contributed by atoms with van der Waals surface area (Å²) in [5.74, 6) is 1.74. The summed E-state index contributed by atoms with van der Waals surface area (Å²) in [6.45, 7) is 2.11. The number of hydrogen-bond donors (Lipinski definition) is 2. The zero-order chi connectivity index (χ0) is 12.8. The number of aromatic nitrogens is 2. The number of benzene rings is 1. The second-order valence-corrected chi connectivity index (χ2v) is 5.94. The van der Waals surface area contributed by atoms with E-state index in [0.717, 1.165) is 17.6 Å². The summed E-state index contributed by atoms with van der Waals surface area (Å²) in [5.41, 5.74) is 3.65. The van der Waals surface area contributed by atoms with Gasteiger partial charge in [-0.3, -0.25) is 0 Å². The number of nitrogens with zero attached hydrogens (tertiary/aromatic N) is 1. The summed E-state index contributed by atoms with van der Waals surface area (Å²) in [6.07, 6.45) is 5.86. The van der Waals surface area contributed by atoms with Gasteiger partial charge in [0.05, 0.1) is 11.9 Å². The standard InChI is InChI=1S/C16H19N3/c1-10-2-4-11(5-3-10)15-9-17-16(19-15)13-8-12-6-7-14(13)18-12/h2-5,9,12-14,18H,6-8H2,1H3,(H,17,19). The van der Waals surface area contributed by atoms with Crippen LogP contribution in [0.15, 0.2) is 30.5 Å². The lowest BCUT2D eigenvalue weighted by Crippen LogP contribution is -2.22. The van der Waals surface area contributed by atoms with Crippen molar-refractivity contribution >= 4 is 0 Å². The number of hydrogen-bond acceptors (Lipinski definition) is 2. The van der Waals surface area contributed by atoms with Crippen molar-refractivity contribution in [1.82, 2.24) is 15.3 Å². The molecule has 19 heavy (non-hydrogen) atoms. The van der Waals surface area contributed by atoms with Crippen LogP contribution in [0.1, 0.15) is 36.6 Å². The van der Waals surface area contributed by atoms with Crippen LogP contribution in [0.4, 0.5) is 0 Å². The van der Waals surface area contributed by atoms with E-state index in [1.54, 1.807) is 0 Å². The summed E-state index contributed by atoms with van der Waals surface area (Å²) in [4.78, 5) is 8.14. The Hall–Kier alpha value is -1.61. The zero-order valence-corrected chi connectivity index (χ0v) is 11.2. The SMILES string of the molecule is Cc1ccc(-c2cnc(C3CC4CCC3N4)[nH]2)cc1. The zero-order valence-electron chi connectivity index (χ0n) is 11.2. The number of aryl methyl sites for hydroxylation is 1. The lowest BCUT2D eigenvalue weighted by Gasteiger charge is -2.17. The Labute approximate surface area is 113 Å². The molecule has 0 amide bonds. The highest BCUT2D eigenvalue weighted by Crippen LogP contribution is 2.39. The van der Waals surface area contributed by atoms with Gasteiger partial charge in [-0.25, -0.2) is 4.98 Å². The smallest absolute Gasteiger partial charge is 0.111 e. The van der Waals surface area contributed by atoms with Gasteiger partial charge in [-0.05, 0) is 31.7 Å². The second kappa shape index (κ2) is 4.20. The number of aromatic amines is 1. The molecule has 2 aromatic rings. The molecule has 2 bridgehead atoms. The molecule has 4 rings (SSSR count). The van der Waals surface area contributed by atoms with Crippen molar-refractivity contribution in [1.29, 1.82) is 0 Å². The van der Waals surface area contributed by atoms with Gasteiger partial charge < -0.3 is 10.3 Å². The Bertz CT molecular complexity index is 584. The molecule has 2 N–H and O–H groups in total. The van der Waals surface area contributed by atoms with E-state index in [1.165, 1.54) is 30.4 Å². The molecule has 3 heteroatoms. The van der Waals surface area contributed by atoms with Crippen LogP contribution < -0.4 is 5.32 Å². The number of rotatable bonds is 2. The first-order valence-corrected chi connectivity index (χ1v) is 7.17. The number of fused-ring (bicyclic) bond motifs is 2. The second-order valence-electron chi connectivity index (χ2n) is 5.94. The van der Waals surface area contributed by atoms with E-state index in [4.69, 9.17) is 0 Å². The normalized spacial score (nSPS) is 29.0. The third kappa shape index (κ3) is 1.89. The Morgan fingerprint density at radius 2 is 2.00 bits per heavy atom. The van der Waals surface area contributed by atoms with Crippen LogP contribution in [-0.2, 0) is 0 Å². The van der Waals surface area contributed by atoms with E-state index in [-0.39, 0.29) is 0 Å². The molecule has 2 aliphatic heterocycles. The third-order valence-electron chi connectivity index (χ3n) is 4.61. The lowest BCUT2D eigenvalue weighted by atomic mass is 9.89. The van der Waals surface area contributed by atoms with Crippen LogP contribution in [0, 0.1) is 6.92 Å². The Balaban J connectivity index is 1.61. The third-order valence-corrected chi connectivity index (χ3v) is 4.61. The van der Waals surface area contributed by atoms with Crippen molar-refractivity contribution in [2.45, 2.75) is 44.2 Å². The van der Waals surface area contributed by atoms with E-state index in [9.17, 15) is 0 Å². The van der Waals surface area contributed by atoms with Crippen LogP contribution in [0.2, 0.25) is 0 Å².